The van der Waals surface area contributed by atoms with Gasteiger partial charge in [-0.25, -0.2) is 14.3 Å². The second kappa shape index (κ2) is 5.80. The van der Waals surface area contributed by atoms with E-state index in [1.165, 1.54) is 21.7 Å². The maximum Gasteiger partial charge on any atom is 0.339 e. The van der Waals surface area contributed by atoms with Crippen LogP contribution in [0.4, 0.5) is 0 Å². The Labute approximate surface area is 137 Å². The van der Waals surface area contributed by atoms with E-state index in [9.17, 15) is 9.59 Å². The molecule has 0 atom stereocenters. The fourth-order valence-electron chi connectivity index (χ4n) is 2.46. The van der Waals surface area contributed by atoms with Gasteiger partial charge >= 0.3 is 5.97 Å². The minimum absolute atomic E-state index is 0.0964. The summed E-state index contributed by atoms with van der Waals surface area (Å²) >= 11 is 0. The van der Waals surface area contributed by atoms with Crippen LogP contribution < -0.4 is 0 Å². The molecule has 1 N–H and O–H groups in total. The molecule has 0 radical (unpaired) electrons. The van der Waals surface area contributed by atoms with Crippen LogP contribution in [0.1, 0.15) is 37.9 Å². The summed E-state index contributed by atoms with van der Waals surface area (Å²) in [7, 11) is 1.61. The maximum absolute atomic E-state index is 12.6. The van der Waals surface area contributed by atoms with Crippen molar-refractivity contribution in [1.29, 1.82) is 0 Å². The molecule has 0 bridgehead atoms. The van der Waals surface area contributed by atoms with Crippen LogP contribution in [0.5, 0.6) is 0 Å². The number of hydrogen-bond acceptors (Lipinski definition) is 5. The molecule has 3 aromatic heterocycles. The average Bonchev–Trinajstić information content (AvgIpc) is 3.09. The third kappa shape index (κ3) is 2.73. The van der Waals surface area contributed by atoms with E-state index in [1.807, 2.05) is 6.92 Å². The molecule has 0 fully saturated rings. The molecule has 0 saturated carbocycles. The number of rotatable bonds is 4. The fourth-order valence-corrected chi connectivity index (χ4v) is 2.46. The number of carboxylic acids is 1. The molecule has 8 heteroatoms. The lowest BCUT2D eigenvalue weighted by Gasteiger charge is -2.14. The highest BCUT2D eigenvalue weighted by Gasteiger charge is 2.21. The summed E-state index contributed by atoms with van der Waals surface area (Å²) in [5.74, 6) is -0.610. The second-order valence-electron chi connectivity index (χ2n) is 5.54. The molecule has 3 aromatic rings. The van der Waals surface area contributed by atoms with Crippen LogP contribution in [0.25, 0.3) is 5.65 Å². The zero-order chi connectivity index (χ0) is 17.4. The normalized spacial score (nSPS) is 11.0. The molecule has 0 aromatic carbocycles. The summed E-state index contributed by atoms with van der Waals surface area (Å²) in [5, 5.41) is 13.2. The van der Waals surface area contributed by atoms with Gasteiger partial charge in [0.15, 0.2) is 5.65 Å². The van der Waals surface area contributed by atoms with E-state index in [-0.39, 0.29) is 18.0 Å². The Hall–Kier alpha value is -3.16. The van der Waals surface area contributed by atoms with Crippen LogP contribution >= 0.6 is 0 Å². The van der Waals surface area contributed by atoms with Gasteiger partial charge in [0.1, 0.15) is 22.6 Å². The molecule has 0 aliphatic carbocycles. The van der Waals surface area contributed by atoms with Gasteiger partial charge in [0.05, 0.1) is 12.7 Å². The van der Waals surface area contributed by atoms with Crippen molar-refractivity contribution in [2.45, 2.75) is 20.4 Å². The van der Waals surface area contributed by atoms with E-state index < -0.39 is 5.97 Å². The summed E-state index contributed by atoms with van der Waals surface area (Å²) in [6.07, 6.45) is 3.21. The van der Waals surface area contributed by atoms with Crippen molar-refractivity contribution in [1.82, 2.24) is 19.5 Å². The fraction of sp³-hybridized carbons (Fsp3) is 0.250. The number of carbonyl (C=O) groups excluding carboxylic acids is 1. The van der Waals surface area contributed by atoms with Gasteiger partial charge < -0.3 is 14.4 Å². The van der Waals surface area contributed by atoms with Gasteiger partial charge in [-0.3, -0.25) is 4.79 Å². The SMILES string of the molecule is Cc1ccn2ncc(C(=O)N(C)Cc3cc(C(=O)O)c(C)o3)c2n1. The van der Waals surface area contributed by atoms with E-state index in [0.29, 0.717) is 22.7 Å². The summed E-state index contributed by atoms with van der Waals surface area (Å²) in [6.45, 7) is 3.56. The monoisotopic (exact) mass is 328 g/mol. The van der Waals surface area contributed by atoms with Crippen LogP contribution in [0.2, 0.25) is 0 Å². The van der Waals surface area contributed by atoms with E-state index in [0.717, 1.165) is 5.69 Å². The largest absolute Gasteiger partial charge is 0.478 e. The Morgan fingerprint density at radius 1 is 1.33 bits per heavy atom. The minimum Gasteiger partial charge on any atom is -0.478 e. The Kier molecular flexibility index (Phi) is 3.80. The molecule has 0 spiro atoms. The molecule has 0 aliphatic heterocycles. The van der Waals surface area contributed by atoms with Gasteiger partial charge in [-0.1, -0.05) is 0 Å². The van der Waals surface area contributed by atoms with Crippen molar-refractivity contribution < 1.29 is 19.1 Å². The van der Waals surface area contributed by atoms with Crippen molar-refractivity contribution in [3.05, 3.63) is 52.9 Å². The first kappa shape index (κ1) is 15.7. The predicted molar refractivity (Wildman–Crippen MR) is 83.9 cm³/mol. The van der Waals surface area contributed by atoms with Crippen molar-refractivity contribution in [2.24, 2.45) is 0 Å². The zero-order valence-electron chi connectivity index (χ0n) is 13.5. The van der Waals surface area contributed by atoms with Gasteiger partial charge in [0.25, 0.3) is 5.91 Å². The summed E-state index contributed by atoms with van der Waals surface area (Å²) < 4.78 is 6.94. The van der Waals surface area contributed by atoms with Crippen molar-refractivity contribution in [3.8, 4) is 0 Å². The lowest BCUT2D eigenvalue weighted by Crippen LogP contribution is -2.26. The highest BCUT2D eigenvalue weighted by atomic mass is 16.4. The number of hydrogen-bond donors (Lipinski definition) is 1. The molecular weight excluding hydrogens is 312 g/mol. The van der Waals surface area contributed by atoms with Crippen molar-refractivity contribution in [2.75, 3.05) is 7.05 Å². The standard InChI is InChI=1S/C16H16N4O4/c1-9-4-5-20-14(18-9)13(7-17-20)15(21)19(3)8-11-6-12(16(22)23)10(2)24-11/h4-7H,8H2,1-3H3,(H,22,23). The van der Waals surface area contributed by atoms with E-state index >= 15 is 0 Å². The molecule has 124 valence electrons. The van der Waals surface area contributed by atoms with Crippen molar-refractivity contribution in [3.63, 3.8) is 0 Å². The lowest BCUT2D eigenvalue weighted by atomic mass is 10.2. The predicted octanol–water partition coefficient (Wildman–Crippen LogP) is 1.91. The summed E-state index contributed by atoms with van der Waals surface area (Å²) in [4.78, 5) is 29.5. The van der Waals surface area contributed by atoms with E-state index in [1.54, 1.807) is 26.2 Å². The van der Waals surface area contributed by atoms with Crippen LogP contribution in [0, 0.1) is 13.8 Å². The van der Waals surface area contributed by atoms with Gasteiger partial charge in [-0.15, -0.1) is 0 Å². The Bertz CT molecular complexity index is 941. The number of carboxylic acid groups (broad SMARTS) is 1. The third-order valence-electron chi connectivity index (χ3n) is 3.68. The highest BCUT2D eigenvalue weighted by molar-refractivity contribution is 5.99. The second-order valence-corrected chi connectivity index (χ2v) is 5.54. The molecule has 3 rings (SSSR count). The number of amides is 1. The lowest BCUT2D eigenvalue weighted by molar-refractivity contribution is 0.0694. The number of aromatic carboxylic acids is 1. The number of aryl methyl sites for hydroxylation is 2. The maximum atomic E-state index is 12.6. The van der Waals surface area contributed by atoms with Crippen molar-refractivity contribution >= 4 is 17.5 Å². The highest BCUT2D eigenvalue weighted by Crippen LogP contribution is 2.18. The van der Waals surface area contributed by atoms with Gasteiger partial charge in [-0.2, -0.15) is 5.10 Å². The average molecular weight is 328 g/mol. The zero-order valence-corrected chi connectivity index (χ0v) is 13.5. The third-order valence-corrected chi connectivity index (χ3v) is 3.68. The molecule has 0 aliphatic rings. The summed E-state index contributed by atoms with van der Waals surface area (Å²) in [6, 6.07) is 3.23. The van der Waals surface area contributed by atoms with Gasteiger partial charge in [0.2, 0.25) is 0 Å². The Morgan fingerprint density at radius 3 is 2.75 bits per heavy atom. The molecule has 8 nitrogen and oxygen atoms in total. The smallest absolute Gasteiger partial charge is 0.339 e. The van der Waals surface area contributed by atoms with Crippen LogP contribution in [0.3, 0.4) is 0 Å². The first-order valence-corrected chi connectivity index (χ1v) is 7.26. The number of fused-ring (bicyclic) bond motifs is 1. The first-order chi connectivity index (χ1) is 11.4. The van der Waals surface area contributed by atoms with Gasteiger partial charge in [0, 0.05) is 18.9 Å². The molecule has 0 saturated heterocycles. The minimum atomic E-state index is -1.06. The molecular formula is C16H16N4O4. The number of furan rings is 1. The summed E-state index contributed by atoms with van der Waals surface area (Å²) in [5.41, 5.74) is 1.74. The van der Waals surface area contributed by atoms with E-state index in [4.69, 9.17) is 9.52 Å². The molecule has 1 amide bonds. The van der Waals surface area contributed by atoms with E-state index in [2.05, 4.69) is 10.1 Å². The van der Waals surface area contributed by atoms with Crippen LogP contribution in [-0.4, -0.2) is 43.5 Å². The quantitative estimate of drug-likeness (QED) is 0.785. The first-order valence-electron chi connectivity index (χ1n) is 7.26. The molecule has 24 heavy (non-hydrogen) atoms. The Balaban J connectivity index is 1.85. The van der Waals surface area contributed by atoms with Gasteiger partial charge in [-0.05, 0) is 26.0 Å². The van der Waals surface area contributed by atoms with Crippen LogP contribution in [-0.2, 0) is 6.54 Å². The topological polar surface area (TPSA) is 101 Å². The molecule has 0 unspecified atom stereocenters. The Morgan fingerprint density at radius 2 is 2.08 bits per heavy atom. The number of carbonyl (C=O) groups is 2. The number of nitrogens with zero attached hydrogens (tertiary/aromatic N) is 4. The molecule has 3 heterocycles. The van der Waals surface area contributed by atoms with Crippen LogP contribution in [0.15, 0.2) is 28.9 Å². The number of aromatic nitrogens is 3.